The van der Waals surface area contributed by atoms with E-state index in [0.717, 1.165) is 0 Å². The Labute approximate surface area is 153 Å². The van der Waals surface area contributed by atoms with Crippen LogP contribution < -0.4 is 20.1 Å². The van der Waals surface area contributed by atoms with E-state index in [0.29, 0.717) is 28.5 Å². The fraction of sp³-hybridized carbons (Fsp3) is 0.118. The Bertz CT molecular complexity index is 918. The molecule has 8 nitrogen and oxygen atoms in total. The van der Waals surface area contributed by atoms with Gasteiger partial charge in [-0.25, -0.2) is 4.79 Å². The molecule has 0 spiro atoms. The van der Waals surface area contributed by atoms with Crippen molar-refractivity contribution in [3.63, 3.8) is 0 Å². The van der Waals surface area contributed by atoms with Crippen molar-refractivity contribution in [2.75, 3.05) is 7.11 Å². The van der Waals surface area contributed by atoms with Crippen LogP contribution in [-0.2, 0) is 11.4 Å². The molecule has 1 amide bonds. The standard InChI is InChI=1S/C17H14N2O6S/c1-23-14-7-9(6-11-15(20)19-17(26)18-11)2-4-12(14)24-8-10-3-5-13(25-10)16(21)22/h2-7H,8H2,1H3,(H,21,22)(H2,18,19,20,26)/b11-6+. The molecule has 1 aromatic heterocycles. The van der Waals surface area contributed by atoms with Gasteiger partial charge in [-0.1, -0.05) is 6.07 Å². The Balaban J connectivity index is 1.74. The third-order valence-corrected chi connectivity index (χ3v) is 3.67. The van der Waals surface area contributed by atoms with Crippen molar-refractivity contribution in [1.82, 2.24) is 10.6 Å². The monoisotopic (exact) mass is 374 g/mol. The Kier molecular flexibility index (Phi) is 4.90. The molecule has 3 rings (SSSR count). The summed E-state index contributed by atoms with van der Waals surface area (Å²) in [6, 6.07) is 8.01. The summed E-state index contributed by atoms with van der Waals surface area (Å²) in [4.78, 5) is 22.5. The van der Waals surface area contributed by atoms with Gasteiger partial charge in [0.15, 0.2) is 16.6 Å². The van der Waals surface area contributed by atoms with Crippen molar-refractivity contribution in [3.8, 4) is 11.5 Å². The molecule has 1 aromatic carbocycles. The van der Waals surface area contributed by atoms with E-state index in [1.54, 1.807) is 24.3 Å². The fourth-order valence-corrected chi connectivity index (χ4v) is 2.46. The molecule has 0 unspecified atom stereocenters. The highest BCUT2D eigenvalue weighted by atomic mass is 32.1. The highest BCUT2D eigenvalue weighted by Crippen LogP contribution is 2.30. The normalized spacial score (nSPS) is 14.9. The smallest absolute Gasteiger partial charge is 0.371 e. The van der Waals surface area contributed by atoms with Gasteiger partial charge in [0.05, 0.1) is 7.11 Å². The zero-order valence-corrected chi connectivity index (χ0v) is 14.4. The fourth-order valence-electron chi connectivity index (χ4n) is 2.26. The third kappa shape index (κ3) is 3.83. The second-order valence-electron chi connectivity index (χ2n) is 5.24. The van der Waals surface area contributed by atoms with Crippen LogP contribution in [0.25, 0.3) is 6.08 Å². The van der Waals surface area contributed by atoms with Crippen LogP contribution in [0.4, 0.5) is 0 Å². The van der Waals surface area contributed by atoms with Crippen molar-refractivity contribution in [3.05, 3.63) is 53.1 Å². The van der Waals surface area contributed by atoms with Crippen LogP contribution in [0.2, 0.25) is 0 Å². The lowest BCUT2D eigenvalue weighted by molar-refractivity contribution is -0.115. The Hall–Kier alpha value is -3.33. The van der Waals surface area contributed by atoms with E-state index in [1.807, 2.05) is 0 Å². The number of amides is 1. The summed E-state index contributed by atoms with van der Waals surface area (Å²) in [5.74, 6) is -0.335. The van der Waals surface area contributed by atoms with Gasteiger partial charge in [-0.2, -0.15) is 0 Å². The third-order valence-electron chi connectivity index (χ3n) is 3.46. The van der Waals surface area contributed by atoms with Crippen molar-refractivity contribution in [2.24, 2.45) is 0 Å². The van der Waals surface area contributed by atoms with Crippen LogP contribution in [0.5, 0.6) is 11.5 Å². The number of carboxylic acids is 1. The van der Waals surface area contributed by atoms with E-state index < -0.39 is 5.97 Å². The molecule has 0 bridgehead atoms. The molecule has 3 N–H and O–H groups in total. The Morgan fingerprint density at radius 2 is 2.08 bits per heavy atom. The summed E-state index contributed by atoms with van der Waals surface area (Å²) < 4.78 is 16.1. The number of carboxylic acid groups (broad SMARTS) is 1. The van der Waals surface area contributed by atoms with Gasteiger partial charge in [0.25, 0.3) is 5.91 Å². The summed E-state index contributed by atoms with van der Waals surface area (Å²) in [7, 11) is 1.49. The highest BCUT2D eigenvalue weighted by molar-refractivity contribution is 7.80. The number of benzene rings is 1. The maximum absolute atomic E-state index is 11.7. The summed E-state index contributed by atoms with van der Waals surface area (Å²) in [5, 5.41) is 14.3. The molecule has 9 heteroatoms. The molecule has 1 aliphatic rings. The predicted octanol–water partition coefficient (Wildman–Crippen LogP) is 1.91. The van der Waals surface area contributed by atoms with Gasteiger partial charge >= 0.3 is 5.97 Å². The molecule has 1 fully saturated rings. The summed E-state index contributed by atoms with van der Waals surface area (Å²) in [6.45, 7) is 0.0440. The summed E-state index contributed by atoms with van der Waals surface area (Å²) in [5.41, 5.74) is 1.05. The van der Waals surface area contributed by atoms with Crippen LogP contribution in [0, 0.1) is 0 Å². The average Bonchev–Trinajstić information content (AvgIpc) is 3.20. The second kappa shape index (κ2) is 7.28. The minimum atomic E-state index is -1.14. The van der Waals surface area contributed by atoms with Crippen molar-refractivity contribution in [1.29, 1.82) is 0 Å². The van der Waals surface area contributed by atoms with E-state index in [2.05, 4.69) is 10.6 Å². The number of hydrogen-bond acceptors (Lipinski definition) is 6. The van der Waals surface area contributed by atoms with Crippen LogP contribution in [-0.4, -0.2) is 29.2 Å². The van der Waals surface area contributed by atoms with Gasteiger partial charge in [-0.15, -0.1) is 0 Å². The zero-order chi connectivity index (χ0) is 18.7. The highest BCUT2D eigenvalue weighted by Gasteiger charge is 2.20. The molecule has 134 valence electrons. The first-order valence-electron chi connectivity index (χ1n) is 7.43. The van der Waals surface area contributed by atoms with Gasteiger partial charge in [-0.05, 0) is 48.1 Å². The maximum atomic E-state index is 11.7. The number of furan rings is 1. The number of aromatic carboxylic acids is 1. The number of hydrogen-bond donors (Lipinski definition) is 3. The van der Waals surface area contributed by atoms with Gasteiger partial charge in [0.1, 0.15) is 18.1 Å². The van der Waals surface area contributed by atoms with Crippen molar-refractivity contribution >= 4 is 35.3 Å². The van der Waals surface area contributed by atoms with Crippen molar-refractivity contribution < 1.29 is 28.6 Å². The number of methoxy groups -OCH3 is 1. The molecule has 26 heavy (non-hydrogen) atoms. The average molecular weight is 374 g/mol. The molecule has 0 radical (unpaired) electrons. The minimum absolute atomic E-state index is 0.0440. The lowest BCUT2D eigenvalue weighted by atomic mass is 10.1. The lowest BCUT2D eigenvalue weighted by Crippen LogP contribution is -2.21. The van der Waals surface area contributed by atoms with Gasteiger partial charge in [0, 0.05) is 0 Å². The van der Waals surface area contributed by atoms with E-state index >= 15 is 0 Å². The number of ether oxygens (including phenoxy) is 2. The van der Waals surface area contributed by atoms with E-state index in [1.165, 1.54) is 19.2 Å². The van der Waals surface area contributed by atoms with E-state index in [4.69, 9.17) is 31.2 Å². The molecule has 0 aliphatic carbocycles. The number of carbonyl (C=O) groups is 2. The number of rotatable bonds is 6. The number of nitrogens with one attached hydrogen (secondary N) is 2. The topological polar surface area (TPSA) is 110 Å². The largest absolute Gasteiger partial charge is 0.493 e. The first-order chi connectivity index (χ1) is 12.5. The van der Waals surface area contributed by atoms with Crippen LogP contribution in [0.15, 0.2) is 40.4 Å². The quantitative estimate of drug-likeness (QED) is 0.520. The molecule has 0 saturated carbocycles. The minimum Gasteiger partial charge on any atom is -0.493 e. The SMILES string of the molecule is COc1cc(/C=C2/NC(=S)NC2=O)ccc1OCc1ccc(C(=O)O)o1. The van der Waals surface area contributed by atoms with E-state index in [-0.39, 0.29) is 23.4 Å². The molecule has 2 heterocycles. The van der Waals surface area contributed by atoms with Crippen LogP contribution in [0.1, 0.15) is 21.9 Å². The summed E-state index contributed by atoms with van der Waals surface area (Å²) in [6.07, 6.45) is 1.63. The Morgan fingerprint density at radius 3 is 2.69 bits per heavy atom. The van der Waals surface area contributed by atoms with Crippen LogP contribution >= 0.6 is 12.2 Å². The molecular weight excluding hydrogens is 360 g/mol. The molecule has 1 saturated heterocycles. The summed E-state index contributed by atoms with van der Waals surface area (Å²) >= 11 is 4.88. The van der Waals surface area contributed by atoms with Gasteiger partial charge < -0.3 is 24.3 Å². The van der Waals surface area contributed by atoms with E-state index in [9.17, 15) is 9.59 Å². The first-order valence-corrected chi connectivity index (χ1v) is 7.84. The number of carbonyl (C=O) groups excluding carboxylic acids is 1. The number of thiocarbonyl (C=S) groups is 1. The van der Waals surface area contributed by atoms with Crippen LogP contribution in [0.3, 0.4) is 0 Å². The molecule has 0 atom stereocenters. The Morgan fingerprint density at radius 1 is 1.27 bits per heavy atom. The van der Waals surface area contributed by atoms with Gasteiger partial charge in [0.2, 0.25) is 5.76 Å². The maximum Gasteiger partial charge on any atom is 0.371 e. The van der Waals surface area contributed by atoms with Gasteiger partial charge in [-0.3, -0.25) is 10.1 Å². The predicted molar refractivity (Wildman–Crippen MR) is 94.8 cm³/mol. The molecule has 2 aromatic rings. The zero-order valence-electron chi connectivity index (χ0n) is 13.6. The first kappa shape index (κ1) is 17.5. The lowest BCUT2D eigenvalue weighted by Gasteiger charge is -2.10. The second-order valence-corrected chi connectivity index (χ2v) is 5.64. The molecule has 1 aliphatic heterocycles. The molecular formula is C17H14N2O6S. The van der Waals surface area contributed by atoms with Crippen molar-refractivity contribution in [2.45, 2.75) is 6.61 Å².